The fourth-order valence-corrected chi connectivity index (χ4v) is 3.42. The fourth-order valence-electron chi connectivity index (χ4n) is 1.95. The van der Waals surface area contributed by atoms with Gasteiger partial charge in [-0.3, -0.25) is 0 Å². The second kappa shape index (κ2) is 5.50. The highest BCUT2D eigenvalue weighted by Crippen LogP contribution is 2.25. The van der Waals surface area contributed by atoms with Crippen molar-refractivity contribution in [3.8, 4) is 0 Å². The summed E-state index contributed by atoms with van der Waals surface area (Å²) in [6, 6.07) is 0.124. The lowest BCUT2D eigenvalue weighted by Gasteiger charge is -2.20. The molecule has 0 saturated carbocycles. The van der Waals surface area contributed by atoms with Crippen molar-refractivity contribution in [1.82, 2.24) is 14.5 Å². The lowest BCUT2D eigenvalue weighted by atomic mass is 10.1. The van der Waals surface area contributed by atoms with Crippen molar-refractivity contribution < 1.29 is 8.42 Å². The van der Waals surface area contributed by atoms with Crippen LogP contribution in [0, 0.1) is 0 Å². The van der Waals surface area contributed by atoms with Crippen molar-refractivity contribution in [3.05, 3.63) is 6.20 Å². The minimum atomic E-state index is -3.64. The van der Waals surface area contributed by atoms with Gasteiger partial charge in [-0.2, -0.15) is 5.10 Å². The van der Waals surface area contributed by atoms with E-state index in [0.717, 1.165) is 12.8 Å². The van der Waals surface area contributed by atoms with Gasteiger partial charge in [0.2, 0.25) is 10.0 Å². The fraction of sp³-hybridized carbons (Fsp3) is 0.750. The molecule has 0 aromatic carbocycles. The zero-order valence-electron chi connectivity index (χ0n) is 12.3. The Bertz CT molecular complexity index is 524. The number of nitrogens with one attached hydrogen (secondary N) is 1. The van der Waals surface area contributed by atoms with Crippen molar-refractivity contribution in [2.24, 2.45) is 0 Å². The Morgan fingerprint density at radius 1 is 1.37 bits per heavy atom. The Morgan fingerprint density at radius 2 is 1.89 bits per heavy atom. The SMILES string of the molecule is CCC(CC)n1ncc(S(=O)(=O)NC(C)(C)C)c1N. The number of rotatable bonds is 5. The van der Waals surface area contributed by atoms with E-state index in [0.29, 0.717) is 0 Å². The Kier molecular flexibility index (Phi) is 4.63. The molecular weight excluding hydrogens is 264 g/mol. The molecule has 19 heavy (non-hydrogen) atoms. The van der Waals surface area contributed by atoms with E-state index in [1.165, 1.54) is 6.20 Å². The summed E-state index contributed by atoms with van der Waals surface area (Å²) >= 11 is 0. The van der Waals surface area contributed by atoms with Crippen LogP contribution in [0.15, 0.2) is 11.1 Å². The molecule has 3 N–H and O–H groups in total. The summed E-state index contributed by atoms with van der Waals surface area (Å²) in [7, 11) is -3.64. The molecule has 110 valence electrons. The summed E-state index contributed by atoms with van der Waals surface area (Å²) in [6.45, 7) is 9.40. The number of sulfonamides is 1. The summed E-state index contributed by atoms with van der Waals surface area (Å²) in [5.74, 6) is 0.199. The number of aromatic nitrogens is 2. The molecule has 7 heteroatoms. The van der Waals surface area contributed by atoms with E-state index in [4.69, 9.17) is 5.73 Å². The van der Waals surface area contributed by atoms with Gasteiger partial charge in [0.15, 0.2) is 0 Å². The largest absolute Gasteiger partial charge is 0.383 e. The van der Waals surface area contributed by atoms with Gasteiger partial charge in [0, 0.05) is 5.54 Å². The average Bonchev–Trinajstić information content (AvgIpc) is 2.60. The van der Waals surface area contributed by atoms with Gasteiger partial charge in [0.05, 0.1) is 12.2 Å². The van der Waals surface area contributed by atoms with E-state index >= 15 is 0 Å². The van der Waals surface area contributed by atoms with Crippen LogP contribution in [0.4, 0.5) is 5.82 Å². The van der Waals surface area contributed by atoms with Crippen LogP contribution in [-0.4, -0.2) is 23.7 Å². The molecule has 6 nitrogen and oxygen atoms in total. The van der Waals surface area contributed by atoms with Crippen LogP contribution >= 0.6 is 0 Å². The van der Waals surface area contributed by atoms with Gasteiger partial charge >= 0.3 is 0 Å². The molecule has 0 aliphatic heterocycles. The smallest absolute Gasteiger partial charge is 0.246 e. The van der Waals surface area contributed by atoms with E-state index in [1.54, 1.807) is 25.5 Å². The minimum Gasteiger partial charge on any atom is -0.383 e. The maximum Gasteiger partial charge on any atom is 0.246 e. The number of nitrogens with two attached hydrogens (primary N) is 1. The molecule has 0 saturated heterocycles. The monoisotopic (exact) mass is 288 g/mol. The van der Waals surface area contributed by atoms with Crippen molar-refractivity contribution in [1.29, 1.82) is 0 Å². The van der Waals surface area contributed by atoms with Gasteiger partial charge in [-0.15, -0.1) is 0 Å². The van der Waals surface area contributed by atoms with Gasteiger partial charge in [0.1, 0.15) is 10.7 Å². The van der Waals surface area contributed by atoms with E-state index in [9.17, 15) is 8.42 Å². The Labute approximate surface area is 115 Å². The molecule has 1 aromatic heterocycles. The van der Waals surface area contributed by atoms with Crippen LogP contribution in [-0.2, 0) is 10.0 Å². The van der Waals surface area contributed by atoms with Crippen LogP contribution in [0.1, 0.15) is 53.5 Å². The zero-order valence-corrected chi connectivity index (χ0v) is 13.1. The number of hydrogen-bond acceptors (Lipinski definition) is 4. The average molecular weight is 288 g/mol. The molecule has 0 spiro atoms. The second-order valence-corrected chi connectivity index (χ2v) is 7.32. The highest BCUT2D eigenvalue weighted by molar-refractivity contribution is 7.89. The van der Waals surface area contributed by atoms with Gasteiger partial charge in [-0.05, 0) is 33.6 Å². The number of nitrogen functional groups attached to an aromatic ring is 1. The van der Waals surface area contributed by atoms with Crippen LogP contribution in [0.3, 0.4) is 0 Å². The van der Waals surface area contributed by atoms with Crippen molar-refractivity contribution in [2.45, 2.75) is 63.9 Å². The van der Waals surface area contributed by atoms with E-state index in [2.05, 4.69) is 9.82 Å². The third-order valence-corrected chi connectivity index (χ3v) is 4.59. The molecule has 0 bridgehead atoms. The summed E-state index contributed by atoms with van der Waals surface area (Å²) in [5.41, 5.74) is 5.39. The lowest BCUT2D eigenvalue weighted by molar-refractivity contribution is 0.434. The van der Waals surface area contributed by atoms with Gasteiger partial charge < -0.3 is 5.73 Å². The van der Waals surface area contributed by atoms with Gasteiger partial charge in [-0.25, -0.2) is 17.8 Å². The van der Waals surface area contributed by atoms with Crippen LogP contribution in [0.25, 0.3) is 0 Å². The summed E-state index contributed by atoms with van der Waals surface area (Å²) in [5, 5.41) is 4.13. The Morgan fingerprint density at radius 3 is 2.32 bits per heavy atom. The Balaban J connectivity index is 3.17. The first-order chi connectivity index (χ1) is 8.62. The molecule has 1 heterocycles. The second-order valence-electron chi connectivity index (χ2n) is 5.66. The lowest BCUT2D eigenvalue weighted by Crippen LogP contribution is -2.40. The highest BCUT2D eigenvalue weighted by Gasteiger charge is 2.27. The topological polar surface area (TPSA) is 90.0 Å². The normalized spacial score (nSPS) is 13.2. The maximum atomic E-state index is 12.2. The Hall–Kier alpha value is -1.08. The standard InChI is InChI=1S/C12H24N4O2S/c1-6-9(7-2)16-11(13)10(8-14-16)19(17,18)15-12(3,4)5/h8-9,15H,6-7,13H2,1-5H3. The van der Waals surface area contributed by atoms with E-state index < -0.39 is 15.6 Å². The molecule has 0 aliphatic rings. The molecule has 0 unspecified atom stereocenters. The molecule has 0 amide bonds. The molecular formula is C12H24N4O2S. The first-order valence-corrected chi connectivity index (χ1v) is 7.97. The summed E-state index contributed by atoms with van der Waals surface area (Å²) in [4.78, 5) is 0.0503. The number of anilines is 1. The molecule has 1 rings (SSSR count). The third-order valence-electron chi connectivity index (χ3n) is 2.82. The number of nitrogens with zero attached hydrogens (tertiary/aromatic N) is 2. The summed E-state index contributed by atoms with van der Waals surface area (Å²) in [6.07, 6.45) is 3.03. The molecule has 1 aromatic rings. The molecule has 0 fully saturated rings. The first-order valence-electron chi connectivity index (χ1n) is 6.49. The zero-order chi connectivity index (χ0) is 14.8. The predicted molar refractivity (Wildman–Crippen MR) is 76.3 cm³/mol. The van der Waals surface area contributed by atoms with Crippen LogP contribution in [0.5, 0.6) is 0 Å². The third kappa shape index (κ3) is 3.70. The van der Waals surface area contributed by atoms with E-state index in [-0.39, 0.29) is 16.8 Å². The van der Waals surface area contributed by atoms with Gasteiger partial charge in [0.25, 0.3) is 0 Å². The first kappa shape index (κ1) is 16.0. The maximum absolute atomic E-state index is 12.2. The predicted octanol–water partition coefficient (Wildman–Crippen LogP) is 1.90. The van der Waals surface area contributed by atoms with Crippen molar-refractivity contribution in [2.75, 3.05) is 5.73 Å². The quantitative estimate of drug-likeness (QED) is 0.866. The van der Waals surface area contributed by atoms with Crippen LogP contribution in [0.2, 0.25) is 0 Å². The molecule has 0 aliphatic carbocycles. The van der Waals surface area contributed by atoms with Crippen molar-refractivity contribution in [3.63, 3.8) is 0 Å². The molecule has 0 atom stereocenters. The van der Waals surface area contributed by atoms with Crippen LogP contribution < -0.4 is 10.5 Å². The molecule has 0 radical (unpaired) electrons. The number of hydrogen-bond donors (Lipinski definition) is 2. The van der Waals surface area contributed by atoms with Crippen molar-refractivity contribution >= 4 is 15.8 Å². The highest BCUT2D eigenvalue weighted by atomic mass is 32.2. The van der Waals surface area contributed by atoms with Gasteiger partial charge in [-0.1, -0.05) is 13.8 Å². The van der Waals surface area contributed by atoms with E-state index in [1.807, 2.05) is 13.8 Å². The summed E-state index contributed by atoms with van der Waals surface area (Å²) < 4.78 is 28.6. The minimum absolute atomic E-state index is 0.0503.